The van der Waals surface area contributed by atoms with Gasteiger partial charge in [0.05, 0.1) is 11.7 Å². The lowest BCUT2D eigenvalue weighted by molar-refractivity contribution is 0.103. The van der Waals surface area contributed by atoms with Crippen LogP contribution in [0.5, 0.6) is 17.2 Å². The second kappa shape index (κ2) is 6.10. The van der Waals surface area contributed by atoms with Crippen LogP contribution in [0.3, 0.4) is 0 Å². The molecule has 0 bridgehead atoms. The Hall–Kier alpha value is -2.49. The van der Waals surface area contributed by atoms with Crippen molar-refractivity contribution in [3.8, 4) is 17.2 Å². The zero-order chi connectivity index (χ0) is 15.5. The fourth-order valence-electron chi connectivity index (χ4n) is 2.69. The van der Waals surface area contributed by atoms with E-state index in [1.54, 1.807) is 12.1 Å². The third-order valence-electron chi connectivity index (χ3n) is 3.88. The molecule has 0 spiro atoms. The Morgan fingerprint density at radius 1 is 1.14 bits per heavy atom. The molecule has 2 aromatic carbocycles. The van der Waals surface area contributed by atoms with Crippen LogP contribution in [0.25, 0.3) is 0 Å². The van der Waals surface area contributed by atoms with Crippen LogP contribution in [-0.4, -0.2) is 22.1 Å². The lowest BCUT2D eigenvalue weighted by Gasteiger charge is -2.14. The van der Waals surface area contributed by atoms with Gasteiger partial charge in [0.25, 0.3) is 0 Å². The molecule has 0 aliphatic heterocycles. The third-order valence-corrected chi connectivity index (χ3v) is 3.88. The normalized spacial score (nSPS) is 14.9. The summed E-state index contributed by atoms with van der Waals surface area (Å²) in [6, 6.07) is 11.6. The smallest absolute Gasteiger partial charge is 0.196 e. The quantitative estimate of drug-likeness (QED) is 0.848. The lowest BCUT2D eigenvalue weighted by Crippen LogP contribution is -2.11. The highest BCUT2D eigenvalue weighted by atomic mass is 16.5. The number of carbonyl (C=O) groups excluding carboxylic acids is 1. The van der Waals surface area contributed by atoms with Crippen molar-refractivity contribution in [2.75, 3.05) is 0 Å². The van der Waals surface area contributed by atoms with Crippen LogP contribution >= 0.6 is 0 Å². The second-order valence-electron chi connectivity index (χ2n) is 5.49. The van der Waals surface area contributed by atoms with Crippen molar-refractivity contribution in [1.82, 2.24) is 0 Å². The minimum Gasteiger partial charge on any atom is -0.507 e. The van der Waals surface area contributed by atoms with E-state index in [9.17, 15) is 15.0 Å². The van der Waals surface area contributed by atoms with Gasteiger partial charge in [-0.1, -0.05) is 0 Å². The van der Waals surface area contributed by atoms with E-state index < -0.39 is 0 Å². The molecular formula is C18H17O4. The van der Waals surface area contributed by atoms with E-state index in [0.29, 0.717) is 11.3 Å². The fourth-order valence-corrected chi connectivity index (χ4v) is 2.69. The number of hydrogen-bond donors (Lipinski definition) is 2. The van der Waals surface area contributed by atoms with Crippen molar-refractivity contribution in [2.45, 2.75) is 31.8 Å². The minimum atomic E-state index is -0.318. The molecule has 1 saturated carbocycles. The van der Waals surface area contributed by atoms with Crippen molar-refractivity contribution in [3.63, 3.8) is 0 Å². The maximum Gasteiger partial charge on any atom is 0.196 e. The molecule has 1 fully saturated rings. The average Bonchev–Trinajstić information content (AvgIpc) is 3.00. The third kappa shape index (κ3) is 3.06. The highest BCUT2D eigenvalue weighted by molar-refractivity contribution is 6.10. The van der Waals surface area contributed by atoms with E-state index in [0.717, 1.165) is 12.8 Å². The van der Waals surface area contributed by atoms with Gasteiger partial charge in [-0.2, -0.15) is 0 Å². The highest BCUT2D eigenvalue weighted by Crippen LogP contribution is 2.29. The SMILES string of the molecule is O=C(c1c[c]c(O)cc1)c1ccc(OC2CCCC2)cc1O. The molecule has 113 valence electrons. The number of ketones is 1. The van der Waals surface area contributed by atoms with Crippen molar-refractivity contribution < 1.29 is 19.7 Å². The zero-order valence-corrected chi connectivity index (χ0v) is 12.1. The lowest BCUT2D eigenvalue weighted by atomic mass is 10.0. The van der Waals surface area contributed by atoms with Crippen LogP contribution < -0.4 is 4.74 Å². The minimum absolute atomic E-state index is 0.0268. The van der Waals surface area contributed by atoms with Gasteiger partial charge < -0.3 is 14.9 Å². The Kier molecular flexibility index (Phi) is 4.00. The van der Waals surface area contributed by atoms with Gasteiger partial charge in [-0.05, 0) is 56.0 Å². The molecule has 4 nitrogen and oxygen atoms in total. The molecular weight excluding hydrogens is 280 g/mol. The number of phenols is 2. The topological polar surface area (TPSA) is 66.8 Å². The van der Waals surface area contributed by atoms with E-state index in [1.807, 2.05) is 0 Å². The Morgan fingerprint density at radius 2 is 1.91 bits per heavy atom. The Morgan fingerprint density at radius 3 is 2.55 bits per heavy atom. The van der Waals surface area contributed by atoms with Gasteiger partial charge in [-0.25, -0.2) is 0 Å². The van der Waals surface area contributed by atoms with Gasteiger partial charge in [0.15, 0.2) is 5.78 Å². The molecule has 1 aliphatic carbocycles. The van der Waals surface area contributed by atoms with E-state index in [1.165, 1.54) is 37.1 Å². The van der Waals surface area contributed by atoms with Gasteiger partial charge in [0.1, 0.15) is 17.2 Å². The molecule has 2 N–H and O–H groups in total. The summed E-state index contributed by atoms with van der Waals surface area (Å²) in [6.45, 7) is 0. The van der Waals surface area contributed by atoms with E-state index in [2.05, 4.69) is 6.07 Å². The first kappa shape index (κ1) is 14.4. The first-order valence-corrected chi connectivity index (χ1v) is 7.38. The molecule has 0 unspecified atom stereocenters. The van der Waals surface area contributed by atoms with Gasteiger partial charge in [0.2, 0.25) is 0 Å². The Balaban J connectivity index is 1.79. The largest absolute Gasteiger partial charge is 0.507 e. The average molecular weight is 297 g/mol. The first-order chi connectivity index (χ1) is 10.6. The summed E-state index contributed by atoms with van der Waals surface area (Å²) < 4.78 is 5.80. The van der Waals surface area contributed by atoms with Crippen molar-refractivity contribution in [2.24, 2.45) is 0 Å². The van der Waals surface area contributed by atoms with Gasteiger partial charge >= 0.3 is 0 Å². The van der Waals surface area contributed by atoms with Crippen molar-refractivity contribution >= 4 is 5.78 Å². The first-order valence-electron chi connectivity index (χ1n) is 7.38. The van der Waals surface area contributed by atoms with Crippen LogP contribution in [0.4, 0.5) is 0 Å². The summed E-state index contributed by atoms with van der Waals surface area (Å²) in [6.07, 6.45) is 4.61. The van der Waals surface area contributed by atoms with Crippen LogP contribution in [0, 0.1) is 6.07 Å². The number of phenolic OH excluding ortho intramolecular Hbond substituents is 2. The molecule has 2 aromatic rings. The van der Waals surface area contributed by atoms with Crippen LogP contribution in [0.15, 0.2) is 36.4 Å². The Bertz CT molecular complexity index is 670. The van der Waals surface area contributed by atoms with E-state index in [4.69, 9.17) is 4.74 Å². The zero-order valence-electron chi connectivity index (χ0n) is 12.1. The molecule has 0 saturated heterocycles. The van der Waals surface area contributed by atoms with Gasteiger partial charge in [-0.15, -0.1) is 0 Å². The summed E-state index contributed by atoms with van der Waals surface area (Å²) in [5.41, 5.74) is 0.565. The van der Waals surface area contributed by atoms with Gasteiger partial charge in [0, 0.05) is 17.7 Å². The number of aromatic hydroxyl groups is 2. The molecule has 1 radical (unpaired) electrons. The molecule has 0 heterocycles. The second-order valence-corrected chi connectivity index (χ2v) is 5.49. The molecule has 0 atom stereocenters. The number of carbonyl (C=O) groups is 1. The van der Waals surface area contributed by atoms with Crippen LogP contribution in [-0.2, 0) is 0 Å². The fraction of sp³-hybridized carbons (Fsp3) is 0.278. The maximum absolute atomic E-state index is 12.3. The monoisotopic (exact) mass is 297 g/mol. The highest BCUT2D eigenvalue weighted by Gasteiger charge is 2.18. The molecule has 4 heteroatoms. The summed E-state index contributed by atoms with van der Waals surface area (Å²) in [5.74, 6) is 0.133. The maximum atomic E-state index is 12.3. The number of hydrogen-bond acceptors (Lipinski definition) is 4. The van der Waals surface area contributed by atoms with E-state index >= 15 is 0 Å². The molecule has 1 aliphatic rings. The molecule has 0 amide bonds. The summed E-state index contributed by atoms with van der Waals surface area (Å²) >= 11 is 0. The molecule has 22 heavy (non-hydrogen) atoms. The summed E-state index contributed by atoms with van der Waals surface area (Å²) in [7, 11) is 0. The van der Waals surface area contributed by atoms with Gasteiger partial charge in [-0.3, -0.25) is 4.79 Å². The van der Waals surface area contributed by atoms with Crippen molar-refractivity contribution in [3.05, 3.63) is 53.6 Å². The van der Waals surface area contributed by atoms with Crippen molar-refractivity contribution in [1.29, 1.82) is 0 Å². The summed E-state index contributed by atoms with van der Waals surface area (Å²) in [4.78, 5) is 12.3. The molecule has 3 rings (SSSR count). The predicted molar refractivity (Wildman–Crippen MR) is 81.4 cm³/mol. The van der Waals surface area contributed by atoms with Crippen LogP contribution in [0.1, 0.15) is 41.6 Å². The number of rotatable bonds is 4. The Labute approximate surface area is 129 Å². The van der Waals surface area contributed by atoms with Crippen LogP contribution in [0.2, 0.25) is 0 Å². The standard InChI is InChI=1S/C18H17O4/c19-13-7-5-12(6-8-13)18(21)16-10-9-15(11-17(16)20)22-14-3-1-2-4-14/h5-7,9-11,14,19-20H,1-4H2. The molecule has 0 aromatic heterocycles. The predicted octanol–water partition coefficient (Wildman–Crippen LogP) is 3.45. The number of ether oxygens (including phenoxy) is 1. The summed E-state index contributed by atoms with van der Waals surface area (Å²) in [5, 5.41) is 19.3. The van der Waals surface area contributed by atoms with E-state index in [-0.39, 0.29) is 28.9 Å². The number of benzene rings is 2.